The van der Waals surface area contributed by atoms with Gasteiger partial charge in [-0.15, -0.1) is 0 Å². The molecule has 1 heterocycles. The van der Waals surface area contributed by atoms with E-state index < -0.39 is 10.0 Å². The van der Waals surface area contributed by atoms with Crippen molar-refractivity contribution in [2.45, 2.75) is 31.1 Å². The lowest BCUT2D eigenvalue weighted by Gasteiger charge is -2.13. The lowest BCUT2D eigenvalue weighted by atomic mass is 10.2. The maximum atomic E-state index is 12.6. The highest BCUT2D eigenvalue weighted by Crippen LogP contribution is 2.19. The number of amides is 3. The number of para-hydroxylation sites is 1. The molecule has 8 nitrogen and oxygen atoms in total. The summed E-state index contributed by atoms with van der Waals surface area (Å²) in [6, 6.07) is 12.7. The highest BCUT2D eigenvalue weighted by Gasteiger charge is 2.27. The number of carbonyl (C=O) groups is 3. The van der Waals surface area contributed by atoms with Gasteiger partial charge in [0.25, 0.3) is 15.9 Å². The van der Waals surface area contributed by atoms with Gasteiger partial charge in [-0.05, 0) is 49.2 Å². The third-order valence-electron chi connectivity index (χ3n) is 4.82. The molecule has 1 aliphatic rings. The molecule has 0 aliphatic carbocycles. The van der Waals surface area contributed by atoms with Crippen molar-refractivity contribution in [3.8, 4) is 0 Å². The lowest BCUT2D eigenvalue weighted by Crippen LogP contribution is -2.33. The van der Waals surface area contributed by atoms with Gasteiger partial charge < -0.3 is 5.32 Å². The van der Waals surface area contributed by atoms with Crippen LogP contribution in [-0.2, 0) is 19.6 Å². The van der Waals surface area contributed by atoms with E-state index in [2.05, 4.69) is 10.0 Å². The van der Waals surface area contributed by atoms with Crippen LogP contribution in [-0.4, -0.2) is 44.1 Å². The molecule has 1 aliphatic heterocycles. The Morgan fingerprint density at radius 3 is 2.27 bits per heavy atom. The number of hydrogen-bond acceptors (Lipinski definition) is 5. The van der Waals surface area contributed by atoms with Gasteiger partial charge in [0.1, 0.15) is 0 Å². The van der Waals surface area contributed by atoms with Crippen molar-refractivity contribution in [2.75, 3.05) is 17.8 Å². The van der Waals surface area contributed by atoms with Crippen LogP contribution in [0.4, 0.5) is 5.69 Å². The second kappa shape index (κ2) is 9.08. The minimum atomic E-state index is -3.77. The minimum absolute atomic E-state index is 0.0494. The summed E-state index contributed by atoms with van der Waals surface area (Å²) >= 11 is 0. The molecule has 0 atom stereocenters. The fourth-order valence-electron chi connectivity index (χ4n) is 3.09. The molecular weight excluding hydrogens is 406 g/mol. The van der Waals surface area contributed by atoms with Crippen LogP contribution in [0.3, 0.4) is 0 Å². The summed E-state index contributed by atoms with van der Waals surface area (Å²) in [5.41, 5.74) is 1.61. The second-order valence-corrected chi connectivity index (χ2v) is 8.68. The lowest BCUT2D eigenvalue weighted by molar-refractivity contribution is -0.138. The van der Waals surface area contributed by atoms with Crippen molar-refractivity contribution >= 4 is 33.4 Å². The molecule has 0 bridgehead atoms. The molecule has 2 N–H and O–H groups in total. The van der Waals surface area contributed by atoms with Gasteiger partial charge in [-0.1, -0.05) is 18.2 Å². The molecule has 3 amide bonds. The average molecular weight is 429 g/mol. The molecular formula is C21H23N3O5S. The summed E-state index contributed by atoms with van der Waals surface area (Å²) in [7, 11) is -3.77. The largest absolute Gasteiger partial charge is 0.352 e. The quantitative estimate of drug-likeness (QED) is 0.493. The summed E-state index contributed by atoms with van der Waals surface area (Å²) < 4.78 is 27.6. The van der Waals surface area contributed by atoms with E-state index in [1.54, 1.807) is 25.1 Å². The summed E-state index contributed by atoms with van der Waals surface area (Å²) in [4.78, 5) is 36.6. The Morgan fingerprint density at radius 1 is 1.00 bits per heavy atom. The number of carbonyl (C=O) groups excluding carboxylic acids is 3. The maximum absolute atomic E-state index is 12.6. The summed E-state index contributed by atoms with van der Waals surface area (Å²) in [6.45, 7) is 2.38. The highest BCUT2D eigenvalue weighted by molar-refractivity contribution is 7.92. The van der Waals surface area contributed by atoms with Gasteiger partial charge in [-0.3, -0.25) is 24.0 Å². The topological polar surface area (TPSA) is 113 Å². The van der Waals surface area contributed by atoms with Gasteiger partial charge in [-0.25, -0.2) is 8.42 Å². The van der Waals surface area contributed by atoms with Crippen LogP contribution in [0.5, 0.6) is 0 Å². The molecule has 9 heteroatoms. The highest BCUT2D eigenvalue weighted by atomic mass is 32.2. The Kier molecular flexibility index (Phi) is 6.51. The predicted molar refractivity (Wildman–Crippen MR) is 111 cm³/mol. The van der Waals surface area contributed by atoms with Crippen LogP contribution >= 0.6 is 0 Å². The van der Waals surface area contributed by atoms with Gasteiger partial charge in [-0.2, -0.15) is 0 Å². The van der Waals surface area contributed by atoms with E-state index in [1.807, 2.05) is 6.07 Å². The van der Waals surface area contributed by atoms with Crippen molar-refractivity contribution in [1.82, 2.24) is 10.2 Å². The average Bonchev–Trinajstić information content (AvgIpc) is 3.04. The Labute approximate surface area is 175 Å². The Bertz CT molecular complexity index is 1050. The van der Waals surface area contributed by atoms with Gasteiger partial charge >= 0.3 is 0 Å². The first kappa shape index (κ1) is 21.5. The zero-order valence-corrected chi connectivity index (χ0v) is 17.4. The van der Waals surface area contributed by atoms with Gasteiger partial charge in [0.15, 0.2) is 0 Å². The molecule has 30 heavy (non-hydrogen) atoms. The third kappa shape index (κ3) is 5.04. The summed E-state index contributed by atoms with van der Waals surface area (Å²) in [5, 5.41) is 2.70. The third-order valence-corrected chi connectivity index (χ3v) is 6.20. The number of nitrogens with zero attached hydrogens (tertiary/aromatic N) is 1. The number of benzene rings is 2. The van der Waals surface area contributed by atoms with E-state index in [0.29, 0.717) is 24.2 Å². The van der Waals surface area contributed by atoms with Crippen molar-refractivity contribution in [1.29, 1.82) is 0 Å². The number of nitrogens with one attached hydrogen (secondary N) is 2. The molecule has 0 saturated carbocycles. The predicted octanol–water partition coefficient (Wildman–Crippen LogP) is 2.06. The number of rotatable bonds is 8. The summed E-state index contributed by atoms with van der Waals surface area (Å²) in [6.07, 6.45) is 0.953. The van der Waals surface area contributed by atoms with Crippen molar-refractivity contribution in [3.05, 3.63) is 59.7 Å². The zero-order chi connectivity index (χ0) is 21.7. The molecule has 2 aromatic rings. The standard InChI is InChI=1S/C21H23N3O5S/c1-15-5-2-3-6-18(15)23-30(28,29)17-9-7-16(8-10-17)21(27)22-13-4-14-24-19(25)11-12-20(24)26/h2-3,5-10,23H,4,11-14H2,1H3,(H,22,27). The number of hydrogen-bond donors (Lipinski definition) is 2. The molecule has 3 rings (SSSR count). The van der Waals surface area contributed by atoms with Crippen LogP contribution in [0.2, 0.25) is 0 Å². The maximum Gasteiger partial charge on any atom is 0.261 e. The normalized spacial score (nSPS) is 14.1. The van der Waals surface area contributed by atoms with Crippen LogP contribution in [0.25, 0.3) is 0 Å². The van der Waals surface area contributed by atoms with E-state index >= 15 is 0 Å². The minimum Gasteiger partial charge on any atom is -0.352 e. The van der Waals surface area contributed by atoms with E-state index in [-0.39, 0.29) is 42.0 Å². The summed E-state index contributed by atoms with van der Waals surface area (Å²) in [5.74, 6) is -0.713. The van der Waals surface area contributed by atoms with Crippen molar-refractivity contribution in [3.63, 3.8) is 0 Å². The Hall–Kier alpha value is -3.20. The Balaban J connectivity index is 1.54. The van der Waals surface area contributed by atoms with E-state index in [9.17, 15) is 22.8 Å². The monoisotopic (exact) mass is 429 g/mol. The number of aryl methyl sites for hydroxylation is 1. The van der Waals surface area contributed by atoms with E-state index in [0.717, 1.165) is 5.56 Å². The second-order valence-electron chi connectivity index (χ2n) is 6.99. The smallest absolute Gasteiger partial charge is 0.261 e. The molecule has 0 radical (unpaired) electrons. The van der Waals surface area contributed by atoms with Gasteiger partial charge in [0.2, 0.25) is 11.8 Å². The van der Waals surface area contributed by atoms with Gasteiger partial charge in [0, 0.05) is 31.5 Å². The first-order chi connectivity index (χ1) is 14.3. The number of anilines is 1. The van der Waals surface area contributed by atoms with E-state index in [4.69, 9.17) is 0 Å². The fraction of sp³-hybridized carbons (Fsp3) is 0.286. The number of likely N-dealkylation sites (tertiary alicyclic amines) is 1. The van der Waals surface area contributed by atoms with Crippen LogP contribution < -0.4 is 10.0 Å². The molecule has 2 aromatic carbocycles. The first-order valence-electron chi connectivity index (χ1n) is 9.58. The zero-order valence-electron chi connectivity index (χ0n) is 16.6. The van der Waals surface area contributed by atoms with Crippen LogP contribution in [0.1, 0.15) is 35.2 Å². The van der Waals surface area contributed by atoms with Crippen LogP contribution in [0, 0.1) is 6.92 Å². The SMILES string of the molecule is Cc1ccccc1NS(=O)(=O)c1ccc(C(=O)NCCCN2C(=O)CCC2=O)cc1. The number of imide groups is 1. The number of sulfonamides is 1. The molecule has 1 fully saturated rings. The van der Waals surface area contributed by atoms with Crippen LogP contribution in [0.15, 0.2) is 53.4 Å². The van der Waals surface area contributed by atoms with Crippen molar-refractivity contribution in [2.24, 2.45) is 0 Å². The molecule has 0 unspecified atom stereocenters. The molecule has 158 valence electrons. The van der Waals surface area contributed by atoms with E-state index in [1.165, 1.54) is 29.2 Å². The molecule has 1 saturated heterocycles. The first-order valence-corrected chi connectivity index (χ1v) is 11.1. The molecule has 0 spiro atoms. The Morgan fingerprint density at radius 2 is 1.63 bits per heavy atom. The molecule has 0 aromatic heterocycles. The fourth-order valence-corrected chi connectivity index (χ4v) is 4.22. The van der Waals surface area contributed by atoms with Crippen molar-refractivity contribution < 1.29 is 22.8 Å². The van der Waals surface area contributed by atoms with Gasteiger partial charge in [0.05, 0.1) is 10.6 Å².